The van der Waals surface area contributed by atoms with Gasteiger partial charge in [0.2, 0.25) is 0 Å². The van der Waals surface area contributed by atoms with Crippen LogP contribution in [0.2, 0.25) is 0 Å². The van der Waals surface area contributed by atoms with Crippen molar-refractivity contribution >= 4 is 42.4 Å². The van der Waals surface area contributed by atoms with Gasteiger partial charge in [0.15, 0.2) is 12.4 Å². The fraction of sp³-hybridized carbons (Fsp3) is 0.227. The highest BCUT2D eigenvalue weighted by Crippen LogP contribution is 2.41. The van der Waals surface area contributed by atoms with E-state index in [2.05, 4.69) is 10.1 Å². The molecule has 0 atom stereocenters. The zero-order valence-corrected chi connectivity index (χ0v) is 32.2. The van der Waals surface area contributed by atoms with Crippen molar-refractivity contribution in [1.29, 1.82) is 0 Å². The maximum absolute atomic E-state index is 15.4. The van der Waals surface area contributed by atoms with Crippen molar-refractivity contribution in [2.24, 2.45) is 9.98 Å². The van der Waals surface area contributed by atoms with Gasteiger partial charge in [0.25, 0.3) is 0 Å². The molecule has 1 N–H and O–H groups in total. The van der Waals surface area contributed by atoms with Gasteiger partial charge in [-0.25, -0.2) is 19.6 Å². The number of hydrogen-bond acceptors (Lipinski definition) is 7. The summed E-state index contributed by atoms with van der Waals surface area (Å²) in [4.78, 5) is 33.3. The second kappa shape index (κ2) is 18.4. The molecule has 1 aromatic heterocycles. The van der Waals surface area contributed by atoms with E-state index in [0.29, 0.717) is 65.5 Å². The van der Waals surface area contributed by atoms with Crippen molar-refractivity contribution in [3.8, 4) is 33.9 Å². The van der Waals surface area contributed by atoms with Crippen LogP contribution in [0.3, 0.4) is 0 Å². The molecule has 0 unspecified atom stereocenters. The average molecular weight is 773 g/mol. The van der Waals surface area contributed by atoms with E-state index in [1.54, 1.807) is 54.6 Å². The second-order valence-electron chi connectivity index (χ2n) is 14.0. The summed E-state index contributed by atoms with van der Waals surface area (Å²) < 4.78 is 53.0. The quantitative estimate of drug-likeness (QED) is 0.0645. The van der Waals surface area contributed by atoms with E-state index in [0.717, 1.165) is 15.6 Å². The molecule has 0 saturated carbocycles. The molecule has 5 aromatic rings. The highest BCUT2D eigenvalue weighted by molar-refractivity contribution is 6.43. The summed E-state index contributed by atoms with van der Waals surface area (Å²) in [6.07, 6.45) is 2.80. The minimum atomic E-state index is -2.94. The maximum Gasteiger partial charge on any atom is 0.679 e. The largest absolute Gasteiger partial charge is 0.679 e. The first-order chi connectivity index (χ1) is 27.5. The first-order valence-corrected chi connectivity index (χ1v) is 18.5. The molecule has 10 nitrogen and oxygen atoms in total. The van der Waals surface area contributed by atoms with Crippen LogP contribution in [0.25, 0.3) is 28.0 Å². The van der Waals surface area contributed by atoms with E-state index in [1.165, 1.54) is 7.11 Å². The molecule has 0 radical (unpaired) electrons. The summed E-state index contributed by atoms with van der Waals surface area (Å²) in [6, 6.07) is 34.6. The Morgan fingerprint density at radius 2 is 1.40 bits per heavy atom. The highest BCUT2D eigenvalue weighted by Gasteiger charge is 2.30. The van der Waals surface area contributed by atoms with Gasteiger partial charge in [-0.05, 0) is 98.8 Å². The first kappa shape index (κ1) is 40.2. The van der Waals surface area contributed by atoms with Crippen molar-refractivity contribution in [1.82, 2.24) is 9.79 Å². The lowest BCUT2D eigenvalue weighted by Crippen LogP contribution is -2.33. The van der Waals surface area contributed by atoms with Gasteiger partial charge >= 0.3 is 19.5 Å². The smallest absolute Gasteiger partial charge is 0.494 e. The van der Waals surface area contributed by atoms with Crippen LogP contribution in [0.1, 0.15) is 44.7 Å². The zero-order valence-electron chi connectivity index (χ0n) is 32.2. The van der Waals surface area contributed by atoms with E-state index < -0.39 is 25.1 Å². The van der Waals surface area contributed by atoms with Gasteiger partial charge in [-0.15, -0.1) is 0 Å². The lowest BCUT2D eigenvalue weighted by molar-refractivity contribution is -0.142. The SMILES string of the molecule is COC(=O)COc1ccc(C2=CC(c3ccccc3)=NC2=Nc2c(-c3ccccc3)cc(-c3ccc(OCCCCNC(=O)OC(C)(C)C)cc3)n2B(F)F)cc1. The molecule has 13 heteroatoms. The molecule has 0 fully saturated rings. The number of carbonyl (C=O) groups is 2. The number of ether oxygens (including phenoxy) is 4. The van der Waals surface area contributed by atoms with Crippen LogP contribution in [-0.2, 0) is 14.3 Å². The maximum atomic E-state index is 15.4. The van der Waals surface area contributed by atoms with Crippen LogP contribution in [0.5, 0.6) is 11.5 Å². The van der Waals surface area contributed by atoms with E-state index in [1.807, 2.05) is 87.5 Å². The molecule has 57 heavy (non-hydrogen) atoms. The molecule has 4 aromatic carbocycles. The van der Waals surface area contributed by atoms with Crippen molar-refractivity contribution in [3.05, 3.63) is 132 Å². The fourth-order valence-corrected chi connectivity index (χ4v) is 6.02. The highest BCUT2D eigenvalue weighted by atomic mass is 19.2. The summed E-state index contributed by atoms with van der Waals surface area (Å²) >= 11 is 0. The van der Waals surface area contributed by atoms with E-state index in [-0.39, 0.29) is 24.0 Å². The zero-order chi connectivity index (χ0) is 40.4. The number of rotatable bonds is 15. The summed E-state index contributed by atoms with van der Waals surface area (Å²) in [5.74, 6) is 0.834. The predicted octanol–water partition coefficient (Wildman–Crippen LogP) is 9.45. The second-order valence-corrected chi connectivity index (χ2v) is 14.0. The Hall–Kier alpha value is -6.50. The van der Waals surface area contributed by atoms with Crippen LogP contribution < -0.4 is 14.8 Å². The van der Waals surface area contributed by atoms with Crippen LogP contribution in [0.15, 0.2) is 131 Å². The Bertz CT molecular complexity index is 2250. The third kappa shape index (κ3) is 10.6. The number of benzene rings is 4. The van der Waals surface area contributed by atoms with Crippen molar-refractivity contribution in [3.63, 3.8) is 0 Å². The number of methoxy groups -OCH3 is 1. The third-order valence-electron chi connectivity index (χ3n) is 8.73. The molecule has 1 aliphatic heterocycles. The number of aliphatic imine (C=N–C) groups is 2. The molecule has 6 rings (SSSR count). The lowest BCUT2D eigenvalue weighted by atomic mass is 10.0. The number of amidine groups is 1. The van der Waals surface area contributed by atoms with Crippen molar-refractivity contribution < 1.29 is 37.2 Å². The lowest BCUT2D eigenvalue weighted by Gasteiger charge is -2.19. The number of esters is 1. The van der Waals surface area contributed by atoms with Gasteiger partial charge in [-0.2, -0.15) is 0 Å². The average Bonchev–Trinajstić information content (AvgIpc) is 3.81. The minimum absolute atomic E-state index is 0.0449. The Kier molecular flexibility index (Phi) is 13.0. The summed E-state index contributed by atoms with van der Waals surface area (Å²) in [7, 11) is -1.66. The molecule has 1 aliphatic rings. The van der Waals surface area contributed by atoms with Crippen molar-refractivity contribution in [2.45, 2.75) is 39.2 Å². The van der Waals surface area contributed by atoms with Gasteiger partial charge in [-0.3, -0.25) is 8.63 Å². The van der Waals surface area contributed by atoms with E-state index >= 15 is 8.63 Å². The summed E-state index contributed by atoms with van der Waals surface area (Å²) in [5, 5.41) is 2.73. The number of alkyl carbamates (subject to hydrolysis) is 1. The fourth-order valence-electron chi connectivity index (χ4n) is 6.02. The number of aromatic nitrogens is 1. The molecule has 0 spiro atoms. The molecular weight excluding hydrogens is 729 g/mol. The monoisotopic (exact) mass is 772 g/mol. The summed E-state index contributed by atoms with van der Waals surface area (Å²) in [5.41, 5.74) is 4.28. The number of nitrogens with zero attached hydrogens (tertiary/aromatic N) is 3. The Balaban J connectivity index is 1.30. The van der Waals surface area contributed by atoms with Crippen LogP contribution in [0.4, 0.5) is 19.2 Å². The van der Waals surface area contributed by atoms with Gasteiger partial charge < -0.3 is 28.7 Å². The standard InChI is InChI=1S/C44H43BF2N4O6/c1-44(2,3)57-43(53)48-25-11-12-26-55-34-23-19-33(20-24-34)39-28-37(30-13-7-5-8-14-30)42(51(39)45(46)47)50-41-36(27-38(49-41)32-15-9-6-10-16-32)31-17-21-35(22-18-31)56-29-40(52)54-4/h5-10,13-24,27-28H,11-12,25-26,29H2,1-4H3,(H,48,53). The molecule has 292 valence electrons. The molecule has 0 bridgehead atoms. The van der Waals surface area contributed by atoms with Crippen LogP contribution in [-0.4, -0.2) is 68.0 Å². The Morgan fingerprint density at radius 1 is 0.789 bits per heavy atom. The number of amides is 1. The van der Waals surface area contributed by atoms with E-state index in [9.17, 15) is 9.59 Å². The van der Waals surface area contributed by atoms with Gasteiger partial charge in [0, 0.05) is 28.9 Å². The van der Waals surface area contributed by atoms with Gasteiger partial charge in [-0.1, -0.05) is 72.8 Å². The van der Waals surface area contributed by atoms with Crippen LogP contribution in [0, 0.1) is 0 Å². The van der Waals surface area contributed by atoms with Crippen LogP contribution >= 0.6 is 0 Å². The molecular formula is C44H43BF2N4O6. The number of hydrogen-bond donors (Lipinski definition) is 1. The third-order valence-corrected chi connectivity index (χ3v) is 8.73. The van der Waals surface area contributed by atoms with E-state index in [4.69, 9.17) is 24.2 Å². The number of halogens is 2. The number of allylic oxidation sites excluding steroid dienone is 1. The Morgan fingerprint density at radius 3 is 2.02 bits per heavy atom. The minimum Gasteiger partial charge on any atom is -0.494 e. The predicted molar refractivity (Wildman–Crippen MR) is 220 cm³/mol. The Labute approximate surface area is 331 Å². The number of nitrogens with one attached hydrogen (secondary N) is 1. The molecule has 1 amide bonds. The van der Waals surface area contributed by atoms with Crippen molar-refractivity contribution in [2.75, 3.05) is 26.9 Å². The van der Waals surface area contributed by atoms with Gasteiger partial charge in [0.1, 0.15) is 22.9 Å². The number of unbranched alkanes of at least 4 members (excludes halogenated alkanes) is 1. The molecule has 2 heterocycles. The molecule has 0 saturated heterocycles. The summed E-state index contributed by atoms with van der Waals surface area (Å²) in [6.45, 7) is 6.05. The topological polar surface area (TPSA) is 113 Å². The van der Waals surface area contributed by atoms with Gasteiger partial charge in [0.05, 0.1) is 19.4 Å². The normalized spacial score (nSPS) is 13.1. The molecule has 0 aliphatic carbocycles. The number of carbonyl (C=O) groups excluding carboxylic acids is 2. The first-order valence-electron chi connectivity index (χ1n) is 18.5.